The van der Waals surface area contributed by atoms with E-state index in [1.165, 1.54) is 0 Å². The van der Waals surface area contributed by atoms with Gasteiger partial charge in [0.05, 0.1) is 30.7 Å². The second kappa shape index (κ2) is 7.09. The van der Waals surface area contributed by atoms with Crippen LogP contribution in [0.25, 0.3) is 10.8 Å². The summed E-state index contributed by atoms with van der Waals surface area (Å²) < 4.78 is 5.82. The molecular weight excluding hydrogens is 330 g/mol. The molecule has 26 heavy (non-hydrogen) atoms. The Morgan fingerprint density at radius 3 is 2.65 bits per heavy atom. The molecule has 4 rings (SSSR count). The molecule has 1 N–H and O–H groups in total. The number of hydrogen-bond acceptors (Lipinski definition) is 4. The monoisotopic (exact) mass is 349 g/mol. The van der Waals surface area contributed by atoms with Gasteiger partial charge in [-0.1, -0.05) is 48.5 Å². The number of carbonyl (C=O) groups excluding carboxylic acids is 1. The van der Waals surface area contributed by atoms with Crippen LogP contribution in [0.5, 0.6) is 0 Å². The average Bonchev–Trinajstić information content (AvgIpc) is 2.71. The Balaban J connectivity index is 1.53. The van der Waals surface area contributed by atoms with Crippen LogP contribution in [0, 0.1) is 0 Å². The van der Waals surface area contributed by atoms with Gasteiger partial charge in [-0.15, -0.1) is 0 Å². The van der Waals surface area contributed by atoms with Crippen LogP contribution in [-0.4, -0.2) is 40.7 Å². The third-order valence-electron chi connectivity index (χ3n) is 4.68. The highest BCUT2D eigenvalue weighted by Crippen LogP contribution is 2.23. The molecule has 2 aromatic carbocycles. The number of ether oxygens (including phenoxy) is 1. The Bertz CT molecular complexity index is 984. The number of hydrogen-bond donors (Lipinski definition) is 1. The van der Waals surface area contributed by atoms with Crippen LogP contribution in [0.1, 0.15) is 17.4 Å². The Morgan fingerprint density at radius 1 is 1.12 bits per heavy atom. The Morgan fingerprint density at radius 2 is 1.85 bits per heavy atom. The maximum atomic E-state index is 12.8. The predicted molar refractivity (Wildman–Crippen MR) is 97.8 cm³/mol. The first-order valence-corrected chi connectivity index (χ1v) is 8.63. The van der Waals surface area contributed by atoms with Crippen LogP contribution in [0.4, 0.5) is 0 Å². The Kier molecular flexibility index (Phi) is 4.50. The van der Waals surface area contributed by atoms with Crippen molar-refractivity contribution in [2.24, 2.45) is 0 Å². The minimum Gasteiger partial charge on any atom is -0.370 e. The standard InChI is InChI=1S/C20H19N3O3/c24-19(12-17-15-8-4-5-9-16(15)20(25)22-21-17)23-10-11-26-18(13-23)14-6-2-1-3-7-14/h1-9,18H,10-13H2,(H,22,25)/t18-/m1/s1. The van der Waals surface area contributed by atoms with Crippen molar-refractivity contribution in [2.45, 2.75) is 12.5 Å². The maximum Gasteiger partial charge on any atom is 0.272 e. The SMILES string of the molecule is O=C(Cc1n[nH]c(=O)c2ccccc12)N1CCO[C@@H](c2ccccc2)C1. The van der Waals surface area contributed by atoms with E-state index in [1.807, 2.05) is 47.4 Å². The highest BCUT2D eigenvalue weighted by atomic mass is 16.5. The number of aromatic nitrogens is 2. The van der Waals surface area contributed by atoms with E-state index < -0.39 is 0 Å². The molecule has 0 bridgehead atoms. The summed E-state index contributed by atoms with van der Waals surface area (Å²) >= 11 is 0. The number of rotatable bonds is 3. The lowest BCUT2D eigenvalue weighted by molar-refractivity contribution is -0.138. The van der Waals surface area contributed by atoms with Gasteiger partial charge in [-0.25, -0.2) is 5.10 Å². The normalized spacial score (nSPS) is 17.4. The van der Waals surface area contributed by atoms with E-state index in [9.17, 15) is 9.59 Å². The quantitative estimate of drug-likeness (QED) is 0.785. The van der Waals surface area contributed by atoms with E-state index >= 15 is 0 Å². The van der Waals surface area contributed by atoms with E-state index in [2.05, 4.69) is 10.2 Å². The maximum absolute atomic E-state index is 12.8. The molecule has 1 aromatic heterocycles. The van der Waals surface area contributed by atoms with Gasteiger partial charge in [0.25, 0.3) is 5.56 Å². The zero-order chi connectivity index (χ0) is 17.9. The van der Waals surface area contributed by atoms with Gasteiger partial charge < -0.3 is 9.64 Å². The summed E-state index contributed by atoms with van der Waals surface area (Å²) in [6, 6.07) is 17.1. The number of nitrogens with zero attached hydrogens (tertiary/aromatic N) is 2. The molecule has 1 fully saturated rings. The Labute approximate surface area is 150 Å². The van der Waals surface area contributed by atoms with Crippen LogP contribution < -0.4 is 5.56 Å². The van der Waals surface area contributed by atoms with Gasteiger partial charge in [-0.3, -0.25) is 9.59 Å². The highest BCUT2D eigenvalue weighted by molar-refractivity contribution is 5.88. The zero-order valence-corrected chi connectivity index (χ0v) is 14.2. The summed E-state index contributed by atoms with van der Waals surface area (Å²) in [5.41, 5.74) is 1.41. The molecule has 3 aromatic rings. The lowest BCUT2D eigenvalue weighted by atomic mass is 10.1. The number of carbonyl (C=O) groups is 1. The van der Waals surface area contributed by atoms with Gasteiger partial charge in [0.15, 0.2) is 0 Å². The molecule has 6 nitrogen and oxygen atoms in total. The van der Waals surface area contributed by atoms with Crippen molar-refractivity contribution in [2.75, 3.05) is 19.7 Å². The predicted octanol–water partition coefficient (Wildman–Crippen LogP) is 2.07. The molecule has 1 aliphatic heterocycles. The van der Waals surface area contributed by atoms with E-state index in [0.717, 1.165) is 10.9 Å². The smallest absolute Gasteiger partial charge is 0.272 e. The summed E-state index contributed by atoms with van der Waals surface area (Å²) in [7, 11) is 0. The minimum atomic E-state index is -0.243. The topological polar surface area (TPSA) is 75.3 Å². The van der Waals surface area contributed by atoms with Crippen LogP contribution >= 0.6 is 0 Å². The van der Waals surface area contributed by atoms with E-state index in [0.29, 0.717) is 30.8 Å². The molecule has 6 heteroatoms. The van der Waals surface area contributed by atoms with Crippen molar-refractivity contribution in [1.29, 1.82) is 0 Å². The number of H-pyrrole nitrogens is 1. The first-order chi connectivity index (χ1) is 12.7. The van der Waals surface area contributed by atoms with Gasteiger partial charge >= 0.3 is 0 Å². The molecule has 132 valence electrons. The second-order valence-electron chi connectivity index (χ2n) is 6.33. The third kappa shape index (κ3) is 3.23. The third-order valence-corrected chi connectivity index (χ3v) is 4.68. The summed E-state index contributed by atoms with van der Waals surface area (Å²) in [6.45, 7) is 1.58. The molecular formula is C20H19N3O3. The van der Waals surface area contributed by atoms with Gasteiger partial charge in [-0.05, 0) is 11.6 Å². The first kappa shape index (κ1) is 16.5. The molecule has 0 saturated carbocycles. The first-order valence-electron chi connectivity index (χ1n) is 8.63. The van der Waals surface area contributed by atoms with Crippen LogP contribution in [-0.2, 0) is 16.0 Å². The van der Waals surface area contributed by atoms with Crippen molar-refractivity contribution in [3.05, 3.63) is 76.2 Å². The van der Waals surface area contributed by atoms with Gasteiger partial charge in [0.1, 0.15) is 6.10 Å². The van der Waals surface area contributed by atoms with Gasteiger partial charge in [-0.2, -0.15) is 5.10 Å². The highest BCUT2D eigenvalue weighted by Gasteiger charge is 2.26. The van der Waals surface area contributed by atoms with Crippen molar-refractivity contribution in [1.82, 2.24) is 15.1 Å². The summed E-state index contributed by atoms with van der Waals surface area (Å²) in [5.74, 6) is -0.0149. The fourth-order valence-corrected chi connectivity index (χ4v) is 3.31. The summed E-state index contributed by atoms with van der Waals surface area (Å²) in [6.07, 6.45) is 0.0351. The number of fused-ring (bicyclic) bond motifs is 1. The molecule has 1 aliphatic rings. The molecule has 0 unspecified atom stereocenters. The fourth-order valence-electron chi connectivity index (χ4n) is 3.31. The van der Waals surface area contributed by atoms with Crippen LogP contribution in [0.15, 0.2) is 59.4 Å². The van der Waals surface area contributed by atoms with Gasteiger partial charge in [0, 0.05) is 11.9 Å². The number of benzene rings is 2. The lowest BCUT2D eigenvalue weighted by Crippen LogP contribution is -2.43. The molecule has 0 spiro atoms. The lowest BCUT2D eigenvalue weighted by Gasteiger charge is -2.33. The van der Waals surface area contributed by atoms with E-state index in [-0.39, 0.29) is 24.0 Å². The van der Waals surface area contributed by atoms with Crippen molar-refractivity contribution in [3.63, 3.8) is 0 Å². The van der Waals surface area contributed by atoms with Crippen molar-refractivity contribution >= 4 is 16.7 Å². The second-order valence-corrected chi connectivity index (χ2v) is 6.33. The summed E-state index contributed by atoms with van der Waals surface area (Å²) in [4.78, 5) is 26.5. The number of morpholine rings is 1. The van der Waals surface area contributed by atoms with E-state index in [4.69, 9.17) is 4.74 Å². The van der Waals surface area contributed by atoms with Crippen molar-refractivity contribution in [3.8, 4) is 0 Å². The number of amides is 1. The molecule has 0 radical (unpaired) electrons. The molecule has 2 heterocycles. The molecule has 1 amide bonds. The summed E-state index contributed by atoms with van der Waals surface area (Å²) in [5, 5.41) is 7.86. The molecule has 1 saturated heterocycles. The number of aromatic amines is 1. The average molecular weight is 349 g/mol. The zero-order valence-electron chi connectivity index (χ0n) is 14.2. The van der Waals surface area contributed by atoms with E-state index in [1.54, 1.807) is 12.1 Å². The van der Waals surface area contributed by atoms with Crippen LogP contribution in [0.2, 0.25) is 0 Å². The van der Waals surface area contributed by atoms with Crippen LogP contribution in [0.3, 0.4) is 0 Å². The molecule has 1 atom stereocenters. The minimum absolute atomic E-state index is 0.0149. The molecule has 0 aliphatic carbocycles. The van der Waals surface area contributed by atoms with Gasteiger partial charge in [0.2, 0.25) is 5.91 Å². The largest absolute Gasteiger partial charge is 0.370 e. The number of nitrogens with one attached hydrogen (secondary N) is 1. The van der Waals surface area contributed by atoms with Crippen molar-refractivity contribution < 1.29 is 9.53 Å². The fraction of sp³-hybridized carbons (Fsp3) is 0.250. The Hall–Kier alpha value is -2.99.